The van der Waals surface area contributed by atoms with E-state index in [1.54, 1.807) is 0 Å². The van der Waals surface area contributed by atoms with Crippen LogP contribution in [0.1, 0.15) is 30.0 Å². The number of hydrogen-bond acceptors (Lipinski definition) is 1. The Hall–Kier alpha value is -0.920. The molecule has 1 saturated carbocycles. The highest BCUT2D eigenvalue weighted by molar-refractivity contribution is 5.25. The maximum atomic E-state index is 13.0. The Kier molecular flexibility index (Phi) is 1.41. The molecule has 1 aromatic rings. The lowest BCUT2D eigenvalue weighted by Gasteiger charge is -1.99. The van der Waals surface area contributed by atoms with Crippen molar-refractivity contribution in [3.8, 4) is 0 Å². The normalized spacial score (nSPS) is 16.9. The van der Waals surface area contributed by atoms with E-state index in [2.05, 4.69) is 4.98 Å². The van der Waals surface area contributed by atoms with Crippen LogP contribution in [0, 0.1) is 12.7 Å². The molecule has 1 aliphatic rings. The molecule has 11 heavy (non-hydrogen) atoms. The monoisotopic (exact) mass is 151 g/mol. The smallest absolute Gasteiger partial charge is 0.144 e. The van der Waals surface area contributed by atoms with Crippen molar-refractivity contribution in [1.82, 2.24) is 4.98 Å². The Labute approximate surface area is 65.3 Å². The van der Waals surface area contributed by atoms with E-state index in [4.69, 9.17) is 0 Å². The van der Waals surface area contributed by atoms with Crippen LogP contribution in [-0.2, 0) is 0 Å². The first kappa shape index (κ1) is 6.77. The molecule has 0 bridgehead atoms. The van der Waals surface area contributed by atoms with Gasteiger partial charge in [-0.15, -0.1) is 0 Å². The van der Waals surface area contributed by atoms with E-state index in [9.17, 15) is 4.39 Å². The molecule has 0 N–H and O–H groups in total. The van der Waals surface area contributed by atoms with Crippen molar-refractivity contribution in [1.29, 1.82) is 0 Å². The summed E-state index contributed by atoms with van der Waals surface area (Å²) in [5.74, 6) is 0.342. The fraction of sp³-hybridized carbons (Fsp3) is 0.444. The second-order valence-electron chi connectivity index (χ2n) is 3.12. The first-order valence-electron chi connectivity index (χ1n) is 3.89. The van der Waals surface area contributed by atoms with Gasteiger partial charge < -0.3 is 0 Å². The standard InChI is InChI=1S/C9H10FN/c1-6-4-8(7-2-3-7)9(10)5-11-6/h4-5,7H,2-3H2,1H3. The van der Waals surface area contributed by atoms with Gasteiger partial charge in [0.25, 0.3) is 0 Å². The first-order valence-corrected chi connectivity index (χ1v) is 3.89. The predicted molar refractivity (Wildman–Crippen MR) is 40.9 cm³/mol. The van der Waals surface area contributed by atoms with Crippen molar-refractivity contribution in [3.63, 3.8) is 0 Å². The molecule has 1 aromatic heterocycles. The molecule has 1 fully saturated rings. The predicted octanol–water partition coefficient (Wildman–Crippen LogP) is 2.41. The van der Waals surface area contributed by atoms with Crippen LogP contribution in [0.2, 0.25) is 0 Å². The molecule has 0 spiro atoms. The van der Waals surface area contributed by atoms with Crippen LogP contribution >= 0.6 is 0 Å². The van der Waals surface area contributed by atoms with Crippen LogP contribution in [0.15, 0.2) is 12.3 Å². The van der Waals surface area contributed by atoms with Gasteiger partial charge in [-0.05, 0) is 37.3 Å². The molecule has 0 amide bonds. The molecule has 0 unspecified atom stereocenters. The van der Waals surface area contributed by atoms with Gasteiger partial charge in [0.15, 0.2) is 0 Å². The Balaban J connectivity index is 2.42. The molecule has 0 saturated heterocycles. The average molecular weight is 151 g/mol. The number of rotatable bonds is 1. The van der Waals surface area contributed by atoms with Gasteiger partial charge in [-0.3, -0.25) is 4.98 Å². The van der Waals surface area contributed by atoms with Gasteiger partial charge >= 0.3 is 0 Å². The fourth-order valence-electron chi connectivity index (χ4n) is 1.27. The zero-order valence-corrected chi connectivity index (χ0v) is 6.47. The molecule has 0 aromatic carbocycles. The third kappa shape index (κ3) is 1.25. The summed E-state index contributed by atoms with van der Waals surface area (Å²) < 4.78 is 13.0. The van der Waals surface area contributed by atoms with E-state index in [1.807, 2.05) is 13.0 Å². The minimum atomic E-state index is -0.141. The van der Waals surface area contributed by atoms with Gasteiger partial charge in [0.1, 0.15) is 5.82 Å². The zero-order chi connectivity index (χ0) is 7.84. The maximum absolute atomic E-state index is 13.0. The van der Waals surface area contributed by atoms with Gasteiger partial charge in [-0.2, -0.15) is 0 Å². The Morgan fingerprint density at radius 3 is 2.91 bits per heavy atom. The summed E-state index contributed by atoms with van der Waals surface area (Å²) in [7, 11) is 0. The molecule has 1 aliphatic carbocycles. The molecule has 1 nitrogen and oxygen atoms in total. The quantitative estimate of drug-likeness (QED) is 0.600. The van der Waals surface area contributed by atoms with Crippen molar-refractivity contribution in [2.75, 3.05) is 0 Å². The summed E-state index contributed by atoms with van der Waals surface area (Å²) in [6, 6.07) is 1.85. The van der Waals surface area contributed by atoms with Crippen molar-refractivity contribution in [2.45, 2.75) is 25.7 Å². The van der Waals surface area contributed by atoms with Gasteiger partial charge in [-0.25, -0.2) is 4.39 Å². The van der Waals surface area contributed by atoms with Crippen molar-refractivity contribution < 1.29 is 4.39 Å². The second-order valence-corrected chi connectivity index (χ2v) is 3.12. The van der Waals surface area contributed by atoms with E-state index in [1.165, 1.54) is 6.20 Å². The number of pyridine rings is 1. The zero-order valence-electron chi connectivity index (χ0n) is 6.47. The van der Waals surface area contributed by atoms with E-state index < -0.39 is 0 Å². The molecule has 0 aliphatic heterocycles. The van der Waals surface area contributed by atoms with E-state index in [0.29, 0.717) is 5.92 Å². The molecule has 58 valence electrons. The van der Waals surface area contributed by atoms with Crippen molar-refractivity contribution in [2.24, 2.45) is 0 Å². The van der Waals surface area contributed by atoms with Crippen LogP contribution in [0.25, 0.3) is 0 Å². The highest BCUT2D eigenvalue weighted by Crippen LogP contribution is 2.41. The van der Waals surface area contributed by atoms with Crippen LogP contribution < -0.4 is 0 Å². The minimum absolute atomic E-state index is 0.141. The number of hydrogen-bond donors (Lipinski definition) is 0. The van der Waals surface area contributed by atoms with Crippen LogP contribution in [0.5, 0.6) is 0 Å². The SMILES string of the molecule is Cc1cc(C2CC2)c(F)cn1. The Bertz CT molecular complexity index is 279. The van der Waals surface area contributed by atoms with Crippen LogP contribution in [-0.4, -0.2) is 4.98 Å². The van der Waals surface area contributed by atoms with Crippen molar-refractivity contribution >= 4 is 0 Å². The van der Waals surface area contributed by atoms with Gasteiger partial charge in [0.05, 0.1) is 6.20 Å². The van der Waals surface area contributed by atoms with Crippen molar-refractivity contribution in [3.05, 3.63) is 29.3 Å². The number of nitrogens with zero attached hydrogens (tertiary/aromatic N) is 1. The highest BCUT2D eigenvalue weighted by Gasteiger charge is 2.26. The summed E-state index contributed by atoms with van der Waals surface area (Å²) in [5, 5.41) is 0. The lowest BCUT2D eigenvalue weighted by molar-refractivity contribution is 0.603. The summed E-state index contributed by atoms with van der Waals surface area (Å²) in [6.45, 7) is 1.89. The molecule has 2 rings (SSSR count). The third-order valence-electron chi connectivity index (χ3n) is 2.04. The lowest BCUT2D eigenvalue weighted by atomic mass is 10.1. The molecule has 1 heterocycles. The lowest BCUT2D eigenvalue weighted by Crippen LogP contribution is -1.90. The molecular weight excluding hydrogens is 141 g/mol. The first-order chi connectivity index (χ1) is 5.27. The number of halogens is 1. The highest BCUT2D eigenvalue weighted by atomic mass is 19.1. The number of aryl methyl sites for hydroxylation is 1. The van der Waals surface area contributed by atoms with Gasteiger partial charge in [0, 0.05) is 5.69 Å². The summed E-state index contributed by atoms with van der Waals surface area (Å²) in [5.41, 5.74) is 1.77. The Morgan fingerprint density at radius 1 is 1.55 bits per heavy atom. The van der Waals surface area contributed by atoms with Gasteiger partial charge in [-0.1, -0.05) is 0 Å². The van der Waals surface area contributed by atoms with E-state index >= 15 is 0 Å². The maximum Gasteiger partial charge on any atom is 0.144 e. The molecular formula is C9H10FN. The number of aromatic nitrogens is 1. The molecule has 0 radical (unpaired) electrons. The summed E-state index contributed by atoms with van der Waals surface area (Å²) in [6.07, 6.45) is 3.60. The summed E-state index contributed by atoms with van der Waals surface area (Å²) >= 11 is 0. The van der Waals surface area contributed by atoms with Gasteiger partial charge in [0.2, 0.25) is 0 Å². The third-order valence-corrected chi connectivity index (χ3v) is 2.04. The minimum Gasteiger partial charge on any atom is -0.259 e. The fourth-order valence-corrected chi connectivity index (χ4v) is 1.27. The van der Waals surface area contributed by atoms with E-state index in [0.717, 1.165) is 24.1 Å². The molecule has 2 heteroatoms. The van der Waals surface area contributed by atoms with E-state index in [-0.39, 0.29) is 5.82 Å². The topological polar surface area (TPSA) is 12.9 Å². The van der Waals surface area contributed by atoms with Crippen LogP contribution in [0.3, 0.4) is 0 Å². The second kappa shape index (κ2) is 2.29. The van der Waals surface area contributed by atoms with Crippen LogP contribution in [0.4, 0.5) is 4.39 Å². The average Bonchev–Trinajstić information content (AvgIpc) is 2.76. The molecule has 0 atom stereocenters. The Morgan fingerprint density at radius 2 is 2.27 bits per heavy atom. The summed E-state index contributed by atoms with van der Waals surface area (Å²) in [4.78, 5) is 3.87. The largest absolute Gasteiger partial charge is 0.259 e.